The van der Waals surface area contributed by atoms with Gasteiger partial charge >= 0.3 is 0 Å². The minimum atomic E-state index is -0.868. The fourth-order valence-corrected chi connectivity index (χ4v) is 5.20. The average Bonchev–Trinajstić information content (AvgIpc) is 3.04. The molecule has 0 aliphatic heterocycles. The first-order valence-electron chi connectivity index (χ1n) is 15.4. The third-order valence-corrected chi connectivity index (χ3v) is 8.18. The number of rotatable bonds is 12. The van der Waals surface area contributed by atoms with Gasteiger partial charge in [-0.25, -0.2) is 4.39 Å². The van der Waals surface area contributed by atoms with Crippen molar-refractivity contribution >= 4 is 11.8 Å². The molecule has 0 aliphatic rings. The van der Waals surface area contributed by atoms with Crippen molar-refractivity contribution in [3.05, 3.63) is 142 Å². The Morgan fingerprint density at radius 1 is 0.844 bits per heavy atom. The summed E-state index contributed by atoms with van der Waals surface area (Å²) in [5, 5.41) is 17.6. The second-order valence-electron chi connectivity index (χ2n) is 12.6. The second-order valence-corrected chi connectivity index (χ2v) is 12.6. The van der Waals surface area contributed by atoms with Crippen LogP contribution in [0, 0.1) is 5.82 Å². The van der Waals surface area contributed by atoms with Gasteiger partial charge in [-0.3, -0.25) is 9.59 Å². The lowest BCUT2D eigenvalue weighted by atomic mass is 9.86. The van der Waals surface area contributed by atoms with Crippen LogP contribution in [-0.2, 0) is 18.4 Å². The highest BCUT2D eigenvalue weighted by Gasteiger charge is 2.24. The number of benzene rings is 4. The molecule has 3 atom stereocenters. The lowest BCUT2D eigenvalue weighted by Crippen LogP contribution is -2.48. The van der Waals surface area contributed by atoms with Crippen molar-refractivity contribution in [1.82, 2.24) is 15.5 Å². The van der Waals surface area contributed by atoms with E-state index >= 15 is 0 Å². The van der Waals surface area contributed by atoms with Crippen LogP contribution < -0.4 is 10.6 Å². The number of hydrogen-bond acceptors (Lipinski definition) is 4. The summed E-state index contributed by atoms with van der Waals surface area (Å²) in [7, 11) is 1.68. The maximum Gasteiger partial charge on any atom is 0.254 e. The van der Waals surface area contributed by atoms with Crippen LogP contribution in [0.3, 0.4) is 0 Å². The number of nitrogens with zero attached hydrogens (tertiary/aromatic N) is 1. The summed E-state index contributed by atoms with van der Waals surface area (Å²) < 4.78 is 13.4. The zero-order valence-electron chi connectivity index (χ0n) is 26.8. The minimum absolute atomic E-state index is 0.0404. The zero-order valence-corrected chi connectivity index (χ0v) is 26.8. The molecule has 6 nitrogen and oxygen atoms in total. The van der Waals surface area contributed by atoms with Gasteiger partial charge in [0.1, 0.15) is 5.82 Å². The van der Waals surface area contributed by atoms with E-state index in [9.17, 15) is 19.1 Å². The quantitative estimate of drug-likeness (QED) is 0.173. The van der Waals surface area contributed by atoms with E-state index in [-0.39, 0.29) is 35.6 Å². The molecule has 4 rings (SSSR count). The molecule has 0 aliphatic carbocycles. The van der Waals surface area contributed by atoms with E-state index < -0.39 is 12.1 Å². The predicted octanol–water partition coefficient (Wildman–Crippen LogP) is 6.45. The fraction of sp³-hybridized carbons (Fsp3) is 0.316. The third-order valence-electron chi connectivity index (χ3n) is 8.18. The molecule has 2 amide bonds. The van der Waals surface area contributed by atoms with Crippen LogP contribution in [0.25, 0.3) is 0 Å². The smallest absolute Gasteiger partial charge is 0.254 e. The molecule has 236 valence electrons. The molecule has 45 heavy (non-hydrogen) atoms. The molecule has 0 radical (unpaired) electrons. The van der Waals surface area contributed by atoms with Crippen molar-refractivity contribution in [2.75, 3.05) is 13.6 Å². The normalized spacial score (nSPS) is 13.5. The largest absolute Gasteiger partial charge is 0.390 e. The lowest BCUT2D eigenvalue weighted by Gasteiger charge is -2.26. The Kier molecular flexibility index (Phi) is 11.3. The Bertz CT molecular complexity index is 1570. The van der Waals surface area contributed by atoms with E-state index in [1.807, 2.05) is 43.3 Å². The van der Waals surface area contributed by atoms with Crippen LogP contribution in [0.1, 0.15) is 76.7 Å². The lowest BCUT2D eigenvalue weighted by molar-refractivity contribution is 0.0742. The van der Waals surface area contributed by atoms with Crippen LogP contribution in [-0.4, -0.2) is 47.6 Å². The van der Waals surface area contributed by atoms with Crippen LogP contribution in [0.5, 0.6) is 0 Å². The Balaban J connectivity index is 1.44. The van der Waals surface area contributed by atoms with Gasteiger partial charge in [-0.2, -0.15) is 0 Å². The molecule has 0 saturated heterocycles. The monoisotopic (exact) mass is 609 g/mol. The van der Waals surface area contributed by atoms with E-state index in [0.717, 1.165) is 16.7 Å². The first-order valence-corrected chi connectivity index (χ1v) is 15.4. The van der Waals surface area contributed by atoms with Gasteiger partial charge in [-0.15, -0.1) is 0 Å². The van der Waals surface area contributed by atoms with Gasteiger partial charge < -0.3 is 20.6 Å². The number of halogens is 1. The highest BCUT2D eigenvalue weighted by atomic mass is 19.1. The van der Waals surface area contributed by atoms with E-state index in [2.05, 4.69) is 49.6 Å². The van der Waals surface area contributed by atoms with Crippen LogP contribution in [0.2, 0.25) is 0 Å². The van der Waals surface area contributed by atoms with Gasteiger partial charge in [-0.05, 0) is 71.3 Å². The van der Waals surface area contributed by atoms with Crippen LogP contribution >= 0.6 is 0 Å². The average molecular weight is 610 g/mol. The van der Waals surface area contributed by atoms with Gasteiger partial charge in [0.25, 0.3) is 11.8 Å². The predicted molar refractivity (Wildman–Crippen MR) is 178 cm³/mol. The summed E-state index contributed by atoms with van der Waals surface area (Å²) in [5.74, 6) is -0.977. The highest BCUT2D eigenvalue weighted by molar-refractivity contribution is 5.99. The minimum Gasteiger partial charge on any atom is -0.390 e. The molecule has 0 bridgehead atoms. The molecule has 0 fully saturated rings. The Morgan fingerprint density at radius 2 is 1.49 bits per heavy atom. The third kappa shape index (κ3) is 9.33. The molecule has 0 saturated carbocycles. The Hall–Kier alpha value is -4.33. The summed E-state index contributed by atoms with van der Waals surface area (Å²) >= 11 is 0. The number of nitrogens with one attached hydrogen (secondary N) is 2. The number of amides is 2. The van der Waals surface area contributed by atoms with Gasteiger partial charge in [-0.1, -0.05) is 93.6 Å². The van der Waals surface area contributed by atoms with Crippen molar-refractivity contribution in [3.8, 4) is 0 Å². The summed E-state index contributed by atoms with van der Waals surface area (Å²) in [6.45, 7) is 9.27. The molecule has 4 aromatic rings. The van der Waals surface area contributed by atoms with Crippen molar-refractivity contribution in [2.45, 2.75) is 64.3 Å². The van der Waals surface area contributed by atoms with E-state index in [0.29, 0.717) is 24.1 Å². The number of aliphatic hydroxyl groups is 1. The maximum atomic E-state index is 13.5. The maximum absolute atomic E-state index is 13.5. The van der Waals surface area contributed by atoms with Gasteiger partial charge in [0.2, 0.25) is 0 Å². The number of hydrogen-bond donors (Lipinski definition) is 3. The fourth-order valence-electron chi connectivity index (χ4n) is 5.20. The zero-order chi connectivity index (χ0) is 32.6. The molecule has 3 N–H and O–H groups in total. The molecular formula is C38H44FN3O3. The van der Waals surface area contributed by atoms with Gasteiger partial charge in [0.05, 0.1) is 18.2 Å². The van der Waals surface area contributed by atoms with Crippen molar-refractivity contribution in [3.63, 3.8) is 0 Å². The number of carbonyl (C=O) groups excluding carboxylic acids is 2. The molecule has 0 heterocycles. The molecule has 7 heteroatoms. The molecule has 4 aromatic carbocycles. The molecule has 0 aromatic heterocycles. The number of aliphatic hydroxyl groups excluding tert-OH is 1. The number of carbonyl (C=O) groups is 2. The van der Waals surface area contributed by atoms with Gasteiger partial charge in [0.15, 0.2) is 0 Å². The van der Waals surface area contributed by atoms with Crippen LogP contribution in [0.4, 0.5) is 4.39 Å². The summed E-state index contributed by atoms with van der Waals surface area (Å²) in [4.78, 5) is 28.4. The molecule has 0 spiro atoms. The van der Waals surface area contributed by atoms with Crippen LogP contribution in [0.15, 0.2) is 103 Å². The Morgan fingerprint density at radius 3 is 2.18 bits per heavy atom. The van der Waals surface area contributed by atoms with Crippen molar-refractivity contribution in [1.29, 1.82) is 0 Å². The first-order chi connectivity index (χ1) is 21.4. The summed E-state index contributed by atoms with van der Waals surface area (Å²) in [6.07, 6.45) is -0.432. The Labute approximate surface area is 266 Å². The summed E-state index contributed by atoms with van der Waals surface area (Å²) in [5.41, 5.74) is 4.87. The van der Waals surface area contributed by atoms with Crippen molar-refractivity contribution < 1.29 is 19.1 Å². The van der Waals surface area contributed by atoms with Gasteiger partial charge in [0, 0.05) is 31.3 Å². The standard InChI is InChI=1S/C38H44FN3O3/c1-26(29-17-19-33(39)20-18-29)42(5)37(45)31-15-10-14-30(23-31)36(44)41-34(22-27-11-7-6-8-12-27)35(43)25-40-24-28-13-9-16-32(21-28)38(2,3)4/h6-21,23,26,34-35,40,43H,22,24-25H2,1-5H3,(H,41,44)/t26-,34+,35-/m1/s1. The van der Waals surface area contributed by atoms with Crippen molar-refractivity contribution in [2.24, 2.45) is 0 Å². The topological polar surface area (TPSA) is 81.7 Å². The summed E-state index contributed by atoms with van der Waals surface area (Å²) in [6, 6.07) is 29.9. The molecular weight excluding hydrogens is 565 g/mol. The van der Waals surface area contributed by atoms with E-state index in [1.165, 1.54) is 17.7 Å². The second kappa shape index (κ2) is 15.1. The first kappa shape index (κ1) is 33.6. The van der Waals surface area contributed by atoms with E-state index in [1.54, 1.807) is 48.3 Å². The highest BCUT2D eigenvalue weighted by Crippen LogP contribution is 2.23. The van der Waals surface area contributed by atoms with E-state index in [4.69, 9.17) is 0 Å². The molecule has 0 unspecified atom stereocenters. The SMILES string of the molecule is C[C@H](c1ccc(F)cc1)N(C)C(=O)c1cccc(C(=O)N[C@@H](Cc2ccccc2)[C@H](O)CNCc2cccc(C(C)(C)C)c2)c1.